The third-order valence-corrected chi connectivity index (χ3v) is 18.5. The molecule has 3 aliphatic heterocycles. The van der Waals surface area contributed by atoms with Crippen LogP contribution >= 0.6 is 0 Å². The Balaban J connectivity index is 0.866. The number of nitrogens with one attached hydrogen (secondary N) is 3. The number of halogens is 1. The summed E-state index contributed by atoms with van der Waals surface area (Å²) in [7, 11) is -8.13. The van der Waals surface area contributed by atoms with Crippen molar-refractivity contribution < 1.29 is 45.5 Å². The second kappa shape index (κ2) is 18.9. The molecule has 5 heterocycles. The number of nitro benzene ring substituents is 1. The molecule has 2 atom stereocenters. The number of aliphatic hydroxyl groups is 1. The number of fused-ring (bicyclic) bond motifs is 2. The van der Waals surface area contributed by atoms with Gasteiger partial charge in [-0.15, -0.1) is 0 Å². The van der Waals surface area contributed by atoms with Crippen molar-refractivity contribution in [3.05, 3.63) is 106 Å². The van der Waals surface area contributed by atoms with Crippen molar-refractivity contribution in [3.8, 4) is 17.2 Å². The lowest BCUT2D eigenvalue weighted by molar-refractivity contribution is -0.384. The quantitative estimate of drug-likeness (QED) is 0.0690. The number of benzene rings is 3. The Labute approximate surface area is 418 Å². The minimum absolute atomic E-state index is 0.0264. The average Bonchev–Trinajstić information content (AvgIpc) is 3.71. The first-order valence-electron chi connectivity index (χ1n) is 24.7. The number of sulfonamides is 2. The number of piperazine rings is 1. The number of amides is 1. The van der Waals surface area contributed by atoms with Gasteiger partial charge in [0.15, 0.2) is 11.4 Å². The van der Waals surface area contributed by atoms with Gasteiger partial charge in [-0.3, -0.25) is 19.8 Å². The van der Waals surface area contributed by atoms with Crippen molar-refractivity contribution in [3.63, 3.8) is 0 Å². The highest BCUT2D eigenvalue weighted by molar-refractivity contribution is 7.90. The molecule has 18 nitrogen and oxygen atoms in total. The summed E-state index contributed by atoms with van der Waals surface area (Å²) in [5, 5.41) is 26.2. The molecule has 72 heavy (non-hydrogen) atoms. The minimum atomic E-state index is -4.75. The first-order valence-corrected chi connectivity index (χ1v) is 28.0. The topological polar surface area (TPSA) is 230 Å². The standard InChI is InChI=1S/C51H61FN8O10S2/c1-31(2)37-7-5-6-8-38(37)44-29-58(71(4,65)66)19-20-59(44)34-25-51(26-34)15-17-57(18-16-51)33-9-10-39(45(21-33)70-35-22-40-41(52)28-54-48(40)53-27-35)49(61)56-72(67,68)36-23-43(60(63)64)47-46(24-36)69-30-42(55-47)32-11-13-50(3,62)14-12-32/h5-10,21-24,27-28,31-32,34,42,44,55,62H,11-20,25-26,29-30H2,1-4H3,(H,53,54)(H,56,61)/t32-,42-,44+,50-/m1/s1. The number of hydrogen-bond acceptors (Lipinski definition) is 14. The zero-order valence-corrected chi connectivity index (χ0v) is 42.4. The number of carbonyl (C=O) groups excluding carboxylic acids is 1. The molecule has 0 unspecified atom stereocenters. The summed E-state index contributed by atoms with van der Waals surface area (Å²) in [6.45, 7) is 9.11. The number of nitro groups is 1. The Morgan fingerprint density at radius 3 is 2.46 bits per heavy atom. The largest absolute Gasteiger partial charge is 0.489 e. The van der Waals surface area contributed by atoms with Crippen LogP contribution < -0.4 is 24.4 Å². The fraction of sp³-hybridized carbons (Fsp3) is 0.490. The molecular formula is C51H61FN8O10S2. The summed E-state index contributed by atoms with van der Waals surface area (Å²) in [4.78, 5) is 37.0. The molecule has 2 aromatic heterocycles. The van der Waals surface area contributed by atoms with Gasteiger partial charge in [-0.05, 0) is 105 Å². The molecule has 10 rings (SSSR count). The van der Waals surface area contributed by atoms with E-state index in [1.165, 1.54) is 35.7 Å². The van der Waals surface area contributed by atoms with Crippen LogP contribution in [0.2, 0.25) is 0 Å². The van der Waals surface area contributed by atoms with E-state index in [0.29, 0.717) is 70.1 Å². The Morgan fingerprint density at radius 2 is 1.75 bits per heavy atom. The number of anilines is 2. The maximum Gasteiger partial charge on any atom is 0.297 e. The molecule has 384 valence electrons. The normalized spacial score (nSPS) is 24.0. The van der Waals surface area contributed by atoms with Crippen molar-refractivity contribution in [2.45, 2.75) is 107 Å². The van der Waals surface area contributed by atoms with E-state index >= 15 is 0 Å². The summed E-state index contributed by atoms with van der Waals surface area (Å²) in [5.74, 6) is -1.27. The first kappa shape index (κ1) is 49.7. The van der Waals surface area contributed by atoms with Crippen LogP contribution in [0.5, 0.6) is 17.2 Å². The number of hydrogen-bond donors (Lipinski definition) is 4. The van der Waals surface area contributed by atoms with Crippen molar-refractivity contribution >= 4 is 54.0 Å². The molecule has 3 aromatic carbocycles. The highest BCUT2D eigenvalue weighted by atomic mass is 32.2. The number of nitrogens with zero attached hydrogens (tertiary/aromatic N) is 5. The van der Waals surface area contributed by atoms with E-state index in [-0.39, 0.29) is 75.5 Å². The van der Waals surface area contributed by atoms with E-state index in [2.05, 4.69) is 55.8 Å². The van der Waals surface area contributed by atoms with Crippen molar-refractivity contribution in [1.82, 2.24) is 23.9 Å². The molecular weight excluding hydrogens is 968 g/mol. The first-order chi connectivity index (χ1) is 34.2. The molecule has 5 aromatic rings. The summed E-state index contributed by atoms with van der Waals surface area (Å²) in [5.41, 5.74) is 2.05. The third-order valence-electron chi connectivity index (χ3n) is 15.9. The number of carbonyl (C=O) groups is 1. The predicted octanol–water partition coefficient (Wildman–Crippen LogP) is 7.83. The summed E-state index contributed by atoms with van der Waals surface area (Å²) in [6, 6.07) is 16.6. The molecule has 1 amide bonds. The average molecular weight is 1030 g/mol. The lowest BCUT2D eigenvalue weighted by atomic mass is 9.59. The van der Waals surface area contributed by atoms with E-state index in [0.717, 1.165) is 44.0 Å². The summed E-state index contributed by atoms with van der Waals surface area (Å²) >= 11 is 0. The molecule has 5 aliphatic rings. The van der Waals surface area contributed by atoms with E-state index in [9.17, 15) is 41.2 Å². The van der Waals surface area contributed by atoms with Gasteiger partial charge in [-0.25, -0.2) is 30.9 Å². The molecule has 4 fully saturated rings. The lowest BCUT2D eigenvalue weighted by Crippen LogP contribution is -2.60. The smallest absolute Gasteiger partial charge is 0.297 e. The van der Waals surface area contributed by atoms with E-state index in [4.69, 9.17) is 9.47 Å². The number of H-pyrrole nitrogens is 1. The second-order valence-corrected chi connectivity index (χ2v) is 24.8. The summed E-state index contributed by atoms with van der Waals surface area (Å²) in [6.07, 6.45) is 10.1. The molecule has 21 heteroatoms. The SMILES string of the molecule is CC(C)c1ccccc1[C@@H]1CN(S(C)(=O)=O)CCN1C1CC2(CCN(c3ccc(C(=O)NS(=O)(=O)c4cc5c(c([N+](=O)[O-])c4)N[C@@H]([C@H]4CC[C@](C)(O)CC4)CO5)c(Oc4cnc5[nH]cc(F)c5c4)c3)CC2)C1. The van der Waals surface area contributed by atoms with Crippen LogP contribution in [0, 0.1) is 27.3 Å². The van der Waals surface area contributed by atoms with Crippen LogP contribution in [0.1, 0.15) is 106 Å². The van der Waals surface area contributed by atoms with Gasteiger partial charge in [-0.1, -0.05) is 38.1 Å². The van der Waals surface area contributed by atoms with Gasteiger partial charge < -0.3 is 29.8 Å². The van der Waals surface area contributed by atoms with Gasteiger partial charge in [-0.2, -0.15) is 4.31 Å². The molecule has 0 bridgehead atoms. The fourth-order valence-electron chi connectivity index (χ4n) is 11.8. The van der Waals surface area contributed by atoms with Crippen molar-refractivity contribution in [2.75, 3.05) is 55.8 Å². The zero-order chi connectivity index (χ0) is 50.9. The van der Waals surface area contributed by atoms with Crippen LogP contribution in [-0.4, -0.2) is 115 Å². The Hall–Kier alpha value is -5.87. The number of aromatic nitrogens is 2. The Bertz CT molecular complexity index is 3140. The number of ether oxygens (including phenoxy) is 2. The second-order valence-electron chi connectivity index (χ2n) is 21.1. The maximum atomic E-state index is 14.7. The lowest BCUT2D eigenvalue weighted by Gasteiger charge is -2.58. The van der Waals surface area contributed by atoms with Crippen molar-refractivity contribution in [1.29, 1.82) is 0 Å². The number of piperidine rings is 1. The van der Waals surface area contributed by atoms with Gasteiger partial charge in [0, 0.05) is 74.9 Å². The van der Waals surface area contributed by atoms with Gasteiger partial charge in [0.25, 0.3) is 21.6 Å². The molecule has 2 saturated carbocycles. The van der Waals surface area contributed by atoms with Crippen LogP contribution in [0.25, 0.3) is 11.0 Å². The maximum absolute atomic E-state index is 14.7. The molecule has 4 N–H and O–H groups in total. The van der Waals surface area contributed by atoms with Gasteiger partial charge in [0.1, 0.15) is 29.6 Å². The highest BCUT2D eigenvalue weighted by Crippen LogP contribution is 2.54. The van der Waals surface area contributed by atoms with Crippen LogP contribution in [-0.2, 0) is 20.0 Å². The molecule has 0 radical (unpaired) electrons. The number of aromatic amines is 1. The third kappa shape index (κ3) is 9.84. The van der Waals surface area contributed by atoms with Crippen LogP contribution in [0.3, 0.4) is 0 Å². The van der Waals surface area contributed by atoms with Crippen LogP contribution in [0.15, 0.2) is 78.0 Å². The number of rotatable bonds is 12. The number of pyridine rings is 1. The highest BCUT2D eigenvalue weighted by Gasteiger charge is 2.50. The van der Waals surface area contributed by atoms with Crippen molar-refractivity contribution in [2.24, 2.45) is 11.3 Å². The monoisotopic (exact) mass is 1030 g/mol. The van der Waals surface area contributed by atoms with E-state index in [1.807, 2.05) is 12.1 Å². The summed E-state index contributed by atoms with van der Waals surface area (Å²) < 4.78 is 84.2. The molecule has 2 saturated heterocycles. The van der Waals surface area contributed by atoms with Gasteiger partial charge in [0.2, 0.25) is 10.0 Å². The van der Waals surface area contributed by atoms with E-state index in [1.54, 1.807) is 23.4 Å². The molecule has 1 spiro atoms. The Kier molecular flexibility index (Phi) is 13.0. The molecule has 2 aliphatic carbocycles. The minimum Gasteiger partial charge on any atom is -0.489 e. The Morgan fingerprint density at radius 1 is 1.01 bits per heavy atom. The fourth-order valence-corrected chi connectivity index (χ4v) is 13.6. The van der Waals surface area contributed by atoms with Gasteiger partial charge in [0.05, 0.1) is 44.9 Å². The van der Waals surface area contributed by atoms with Crippen LogP contribution in [0.4, 0.5) is 21.5 Å². The van der Waals surface area contributed by atoms with Gasteiger partial charge >= 0.3 is 0 Å². The zero-order valence-electron chi connectivity index (χ0n) is 40.8. The predicted molar refractivity (Wildman–Crippen MR) is 269 cm³/mol. The van der Waals surface area contributed by atoms with E-state index < -0.39 is 52.9 Å².